The number of carbonyl (C=O) groups is 1. The van der Waals surface area contributed by atoms with Gasteiger partial charge < -0.3 is 9.47 Å². The van der Waals surface area contributed by atoms with Crippen molar-refractivity contribution in [1.29, 1.82) is 0 Å². The first kappa shape index (κ1) is 12.5. The largest absolute Gasteiger partial charge is 0.497 e. The van der Waals surface area contributed by atoms with Gasteiger partial charge in [-0.15, -0.1) is 0 Å². The third kappa shape index (κ3) is 1.79. The molecule has 1 aromatic carbocycles. The molecule has 1 fully saturated rings. The van der Waals surface area contributed by atoms with Gasteiger partial charge in [-0.2, -0.15) is 0 Å². The predicted octanol–water partition coefficient (Wildman–Crippen LogP) is 2.73. The molecular weight excluding hydrogens is 266 g/mol. The first-order valence-electron chi connectivity index (χ1n) is 7.04. The van der Waals surface area contributed by atoms with Crippen LogP contribution in [-0.2, 0) is 11.2 Å². The molecule has 0 bridgehead atoms. The smallest absolute Gasteiger partial charge is 0.198 e. The number of methoxy groups -OCH3 is 1. The fourth-order valence-corrected chi connectivity index (χ4v) is 3.18. The Labute approximate surface area is 122 Å². The Balaban J connectivity index is 1.70. The van der Waals surface area contributed by atoms with E-state index in [0.29, 0.717) is 5.75 Å². The van der Waals surface area contributed by atoms with Crippen LogP contribution in [0.3, 0.4) is 0 Å². The molecule has 0 amide bonds. The summed E-state index contributed by atoms with van der Waals surface area (Å²) in [6.07, 6.45) is 4.90. The molecule has 0 saturated carbocycles. The van der Waals surface area contributed by atoms with E-state index in [1.54, 1.807) is 19.5 Å². The molecule has 1 aromatic heterocycles. The topological polar surface area (TPSA) is 51.7 Å². The number of fused-ring (bicyclic) bond motifs is 1. The van der Waals surface area contributed by atoms with E-state index < -0.39 is 5.60 Å². The van der Waals surface area contributed by atoms with Crippen LogP contribution in [0.15, 0.2) is 42.7 Å². The highest BCUT2D eigenvalue weighted by molar-refractivity contribution is 6.07. The average Bonchev–Trinajstić information content (AvgIpc) is 3.27. The molecule has 2 atom stereocenters. The molecule has 1 aliphatic heterocycles. The Bertz CT molecular complexity index is 713. The SMILES string of the molecule is COc1ccc2c(c1)C(=O)[C@]1(CC2)O[C@H]1c1cccnc1. The van der Waals surface area contributed by atoms with Crippen molar-refractivity contribution in [3.05, 3.63) is 59.4 Å². The lowest BCUT2D eigenvalue weighted by molar-refractivity contribution is 0.0849. The Kier molecular flexibility index (Phi) is 2.62. The number of carbonyl (C=O) groups excluding carboxylic acids is 1. The molecular formula is C17H15NO3. The third-order valence-corrected chi connectivity index (χ3v) is 4.39. The number of aryl methyl sites for hydroxylation is 1. The van der Waals surface area contributed by atoms with E-state index >= 15 is 0 Å². The van der Waals surface area contributed by atoms with Crippen LogP contribution in [0, 0.1) is 0 Å². The highest BCUT2D eigenvalue weighted by Gasteiger charge is 2.64. The molecule has 4 nitrogen and oxygen atoms in total. The van der Waals surface area contributed by atoms with E-state index in [1.807, 2.05) is 30.3 Å². The maximum Gasteiger partial charge on any atom is 0.198 e. The molecule has 0 N–H and O–H groups in total. The van der Waals surface area contributed by atoms with Crippen LogP contribution in [0.25, 0.3) is 0 Å². The highest BCUT2D eigenvalue weighted by atomic mass is 16.6. The number of ether oxygens (including phenoxy) is 2. The van der Waals surface area contributed by atoms with Crippen molar-refractivity contribution in [2.45, 2.75) is 24.5 Å². The lowest BCUT2D eigenvalue weighted by atomic mass is 9.79. The maximum atomic E-state index is 12.9. The average molecular weight is 281 g/mol. The standard InChI is InChI=1S/C17H15NO3/c1-20-13-5-4-11-6-7-17(15(19)14(11)9-13)16(21-17)12-3-2-8-18-10-12/h2-5,8-10,16H,6-7H2,1H3/t16-,17-/m0/s1. The lowest BCUT2D eigenvalue weighted by Crippen LogP contribution is -2.31. The lowest BCUT2D eigenvalue weighted by Gasteiger charge is -2.21. The molecule has 1 spiro atoms. The highest BCUT2D eigenvalue weighted by Crippen LogP contribution is 2.56. The molecule has 2 aromatic rings. The van der Waals surface area contributed by atoms with Crippen LogP contribution in [0.5, 0.6) is 5.75 Å². The van der Waals surface area contributed by atoms with Crippen molar-refractivity contribution in [2.24, 2.45) is 0 Å². The number of benzene rings is 1. The van der Waals surface area contributed by atoms with Crippen molar-refractivity contribution in [3.8, 4) is 5.75 Å². The van der Waals surface area contributed by atoms with E-state index in [0.717, 1.165) is 29.5 Å². The molecule has 1 aliphatic carbocycles. The molecule has 0 radical (unpaired) electrons. The van der Waals surface area contributed by atoms with E-state index in [1.165, 1.54) is 0 Å². The second-order valence-electron chi connectivity index (χ2n) is 5.53. The number of rotatable bonds is 2. The number of aromatic nitrogens is 1. The monoisotopic (exact) mass is 281 g/mol. The van der Waals surface area contributed by atoms with Crippen LogP contribution in [0.2, 0.25) is 0 Å². The number of hydrogen-bond acceptors (Lipinski definition) is 4. The zero-order valence-corrected chi connectivity index (χ0v) is 11.7. The van der Waals surface area contributed by atoms with Gasteiger partial charge in [-0.25, -0.2) is 0 Å². The summed E-state index contributed by atoms with van der Waals surface area (Å²) < 4.78 is 11.1. The number of hydrogen-bond donors (Lipinski definition) is 0. The summed E-state index contributed by atoms with van der Waals surface area (Å²) in [4.78, 5) is 17.0. The van der Waals surface area contributed by atoms with Gasteiger partial charge >= 0.3 is 0 Å². The van der Waals surface area contributed by atoms with Gasteiger partial charge in [0.05, 0.1) is 7.11 Å². The van der Waals surface area contributed by atoms with Crippen molar-refractivity contribution in [1.82, 2.24) is 4.98 Å². The van der Waals surface area contributed by atoms with Gasteiger partial charge in [-0.3, -0.25) is 9.78 Å². The Morgan fingerprint density at radius 3 is 3.05 bits per heavy atom. The minimum absolute atomic E-state index is 0.0662. The summed E-state index contributed by atoms with van der Waals surface area (Å²) in [5, 5.41) is 0. The number of ketones is 1. The fraction of sp³-hybridized carbons (Fsp3) is 0.294. The number of pyridine rings is 1. The molecule has 2 aliphatic rings. The number of Topliss-reactive ketones (excluding diaryl/α,β-unsaturated/α-hetero) is 1. The summed E-state index contributed by atoms with van der Waals surface area (Å²) >= 11 is 0. The fourth-order valence-electron chi connectivity index (χ4n) is 3.18. The van der Waals surface area contributed by atoms with Gasteiger partial charge in [0.15, 0.2) is 11.4 Å². The minimum atomic E-state index is -0.692. The van der Waals surface area contributed by atoms with Gasteiger partial charge in [0.2, 0.25) is 0 Å². The quantitative estimate of drug-likeness (QED) is 0.794. The number of nitrogens with zero attached hydrogens (tertiary/aromatic N) is 1. The van der Waals surface area contributed by atoms with Crippen LogP contribution >= 0.6 is 0 Å². The Hall–Kier alpha value is -2.20. The van der Waals surface area contributed by atoms with Gasteiger partial charge in [0.1, 0.15) is 11.9 Å². The van der Waals surface area contributed by atoms with E-state index in [9.17, 15) is 4.79 Å². The van der Waals surface area contributed by atoms with E-state index in [4.69, 9.17) is 9.47 Å². The molecule has 4 rings (SSSR count). The molecule has 2 heterocycles. The number of epoxide rings is 1. The summed E-state index contributed by atoms with van der Waals surface area (Å²) in [5.74, 6) is 0.772. The summed E-state index contributed by atoms with van der Waals surface area (Å²) in [6.45, 7) is 0. The molecule has 1 saturated heterocycles. The van der Waals surface area contributed by atoms with E-state index in [-0.39, 0.29) is 11.9 Å². The molecule has 21 heavy (non-hydrogen) atoms. The minimum Gasteiger partial charge on any atom is -0.497 e. The molecule has 4 heteroatoms. The maximum absolute atomic E-state index is 12.9. The summed E-state index contributed by atoms with van der Waals surface area (Å²) in [7, 11) is 1.61. The summed E-state index contributed by atoms with van der Waals surface area (Å²) in [6, 6.07) is 9.52. The zero-order chi connectivity index (χ0) is 14.4. The molecule has 106 valence electrons. The normalized spacial score (nSPS) is 26.5. The predicted molar refractivity (Wildman–Crippen MR) is 76.4 cm³/mol. The van der Waals surface area contributed by atoms with E-state index in [2.05, 4.69) is 4.98 Å². The third-order valence-electron chi connectivity index (χ3n) is 4.39. The zero-order valence-electron chi connectivity index (χ0n) is 11.7. The van der Waals surface area contributed by atoms with Crippen molar-refractivity contribution in [2.75, 3.05) is 7.11 Å². The van der Waals surface area contributed by atoms with Gasteiger partial charge in [-0.1, -0.05) is 12.1 Å². The van der Waals surface area contributed by atoms with Crippen molar-refractivity contribution in [3.63, 3.8) is 0 Å². The van der Waals surface area contributed by atoms with Gasteiger partial charge in [0, 0.05) is 23.5 Å². The second kappa shape index (κ2) is 4.40. The van der Waals surface area contributed by atoms with Crippen molar-refractivity contribution >= 4 is 5.78 Å². The first-order valence-corrected chi connectivity index (χ1v) is 7.04. The van der Waals surface area contributed by atoms with Crippen LogP contribution in [0.1, 0.15) is 34.0 Å². The summed E-state index contributed by atoms with van der Waals surface area (Å²) in [5.41, 5.74) is 2.08. The van der Waals surface area contributed by atoms with Crippen LogP contribution < -0.4 is 4.74 Å². The molecule has 0 unspecified atom stereocenters. The van der Waals surface area contributed by atoms with Crippen LogP contribution in [-0.4, -0.2) is 23.5 Å². The first-order chi connectivity index (χ1) is 10.2. The Morgan fingerprint density at radius 2 is 2.29 bits per heavy atom. The Morgan fingerprint density at radius 1 is 1.38 bits per heavy atom. The van der Waals surface area contributed by atoms with Gasteiger partial charge in [0.25, 0.3) is 0 Å². The van der Waals surface area contributed by atoms with Crippen molar-refractivity contribution < 1.29 is 14.3 Å². The van der Waals surface area contributed by atoms with Gasteiger partial charge in [-0.05, 0) is 36.6 Å². The van der Waals surface area contributed by atoms with Crippen LogP contribution in [0.4, 0.5) is 0 Å². The second-order valence-corrected chi connectivity index (χ2v) is 5.53.